The summed E-state index contributed by atoms with van der Waals surface area (Å²) in [5.41, 5.74) is -9.11. The number of alkyl halides is 3. The fourth-order valence-electron chi connectivity index (χ4n) is 6.65. The van der Waals surface area contributed by atoms with Crippen LogP contribution < -0.4 is 0 Å². The number of nitro benzene ring substituents is 1. The first-order chi connectivity index (χ1) is 26.5. The third-order valence-electron chi connectivity index (χ3n) is 9.09. The van der Waals surface area contributed by atoms with Gasteiger partial charge in [0.25, 0.3) is 5.69 Å². The molecule has 0 fully saturated rings. The monoisotopic (exact) mass is 783 g/mol. The zero-order valence-corrected chi connectivity index (χ0v) is 27.4. The Bertz CT molecular complexity index is 2950. The van der Waals surface area contributed by atoms with Gasteiger partial charge in [-0.15, -0.1) is 0 Å². The van der Waals surface area contributed by atoms with Crippen LogP contribution in [-0.4, -0.2) is 24.9 Å². The van der Waals surface area contributed by atoms with Gasteiger partial charge in [0, 0.05) is 68.5 Å². The van der Waals surface area contributed by atoms with Crippen LogP contribution in [0.1, 0.15) is 17.0 Å². The quantitative estimate of drug-likeness (QED) is 0.0716. The van der Waals surface area contributed by atoms with Gasteiger partial charge in [-0.25, -0.2) is 40.1 Å². The zero-order valence-electron chi connectivity index (χ0n) is 27.4. The van der Waals surface area contributed by atoms with Gasteiger partial charge in [0.05, 0.1) is 38.5 Å². The minimum Gasteiger partial charge on any atom is -0.354 e. The zero-order chi connectivity index (χ0) is 40.0. The molecule has 5 heterocycles. The minimum absolute atomic E-state index is 0.0195. The number of nitro groups is 1. The van der Waals surface area contributed by atoms with Crippen molar-refractivity contribution in [2.24, 2.45) is 0 Å². The number of nitrogens with one attached hydrogen (secondary N) is 3. The minimum atomic E-state index is -5.27. The summed E-state index contributed by atoms with van der Waals surface area (Å²) in [5.74, 6) is -14.5. The predicted octanol–water partition coefficient (Wildman–Crippen LogP) is 11.7. The fourth-order valence-corrected chi connectivity index (χ4v) is 6.65. The van der Waals surface area contributed by atoms with Crippen LogP contribution in [0, 0.1) is 56.7 Å². The summed E-state index contributed by atoms with van der Waals surface area (Å²) >= 11 is 0. The van der Waals surface area contributed by atoms with Gasteiger partial charge in [-0.2, -0.15) is 13.2 Å². The van der Waals surface area contributed by atoms with Gasteiger partial charge in [-0.05, 0) is 60.2 Å². The van der Waals surface area contributed by atoms with Crippen LogP contribution in [0.15, 0.2) is 66.7 Å². The number of hydrogen-bond donors (Lipinski definition) is 3. The molecule has 56 heavy (non-hydrogen) atoms. The second-order valence-electron chi connectivity index (χ2n) is 12.4. The van der Waals surface area contributed by atoms with Gasteiger partial charge in [-0.1, -0.05) is 0 Å². The Kier molecular flexibility index (Phi) is 8.24. The molecule has 0 aliphatic carbocycles. The van der Waals surface area contributed by atoms with Gasteiger partial charge in [0.2, 0.25) is 0 Å². The molecule has 0 radical (unpaired) electrons. The Morgan fingerprint density at radius 1 is 0.500 bits per heavy atom. The van der Waals surface area contributed by atoms with Crippen LogP contribution in [0.2, 0.25) is 0 Å². The number of nitrogens with zero attached hydrogens (tertiary/aromatic N) is 2. The Labute approximate surface area is 303 Å². The molecule has 3 aromatic carbocycles. The van der Waals surface area contributed by atoms with Gasteiger partial charge < -0.3 is 15.0 Å². The number of benzene rings is 3. The maximum atomic E-state index is 15.5. The van der Waals surface area contributed by atoms with Gasteiger partial charge in [0.1, 0.15) is 0 Å². The predicted molar refractivity (Wildman–Crippen MR) is 183 cm³/mol. The first-order valence-corrected chi connectivity index (χ1v) is 15.9. The van der Waals surface area contributed by atoms with Gasteiger partial charge in [0.15, 0.2) is 46.5 Å². The molecule has 7 aromatic rings. The summed E-state index contributed by atoms with van der Waals surface area (Å²) in [5, 5.41) is 11.5. The van der Waals surface area contributed by atoms with Crippen molar-refractivity contribution in [3.05, 3.63) is 140 Å². The Balaban J connectivity index is 1.63. The SMILES string of the molecule is O=[N+]([O-])c1ccc(-c2c3ccc([nH]3)c(-c3c(F)c(F)cc(F)c3F)c3nc(c4ccc([nH]4)c(-c4c(F)c(F)cc(F)c4F)c4ccc2[nH]4)C=C3)c(C(F)(F)F)c1. The van der Waals surface area contributed by atoms with Crippen molar-refractivity contribution < 1.29 is 53.2 Å². The molecule has 0 unspecified atom stereocenters. The molecule has 0 saturated heterocycles. The van der Waals surface area contributed by atoms with E-state index in [0.717, 1.165) is 36.4 Å². The second-order valence-corrected chi connectivity index (χ2v) is 12.4. The number of non-ortho nitro benzene ring substituents is 1. The molecule has 282 valence electrons. The molecule has 0 saturated carbocycles. The van der Waals surface area contributed by atoms with E-state index >= 15 is 17.6 Å². The van der Waals surface area contributed by atoms with Crippen LogP contribution in [0.3, 0.4) is 0 Å². The van der Waals surface area contributed by atoms with Crippen LogP contribution in [-0.2, 0) is 6.18 Å². The van der Waals surface area contributed by atoms with Crippen molar-refractivity contribution in [1.29, 1.82) is 0 Å². The summed E-state index contributed by atoms with van der Waals surface area (Å²) in [4.78, 5) is 23.1. The molecule has 1 aliphatic rings. The molecule has 0 amide bonds. The molecule has 8 bridgehead atoms. The van der Waals surface area contributed by atoms with Crippen molar-refractivity contribution in [1.82, 2.24) is 19.9 Å². The average molecular weight is 784 g/mol. The second kappa shape index (κ2) is 12.8. The first kappa shape index (κ1) is 36.0. The highest BCUT2D eigenvalue weighted by Crippen LogP contribution is 2.44. The molecule has 0 atom stereocenters. The summed E-state index contributed by atoms with van der Waals surface area (Å²) in [7, 11) is 0. The number of hydrogen-bond acceptors (Lipinski definition) is 3. The van der Waals surface area contributed by atoms with Crippen molar-refractivity contribution in [3.8, 4) is 33.4 Å². The van der Waals surface area contributed by atoms with E-state index in [0.29, 0.717) is 0 Å². The fraction of sp³-hybridized carbons (Fsp3) is 0.0263. The lowest BCUT2D eigenvalue weighted by Crippen LogP contribution is -2.08. The molecule has 18 heteroatoms. The Hall–Kier alpha value is -6.98. The van der Waals surface area contributed by atoms with Crippen LogP contribution in [0.25, 0.3) is 78.6 Å². The first-order valence-electron chi connectivity index (χ1n) is 15.9. The van der Waals surface area contributed by atoms with E-state index in [1.54, 1.807) is 0 Å². The number of halogens is 11. The molecule has 1 aliphatic heterocycles. The van der Waals surface area contributed by atoms with E-state index in [9.17, 15) is 40.8 Å². The van der Waals surface area contributed by atoms with Crippen LogP contribution in [0.5, 0.6) is 0 Å². The highest BCUT2D eigenvalue weighted by atomic mass is 19.4. The Morgan fingerprint density at radius 2 is 0.911 bits per heavy atom. The van der Waals surface area contributed by atoms with E-state index in [2.05, 4.69) is 19.9 Å². The molecule has 8 rings (SSSR count). The van der Waals surface area contributed by atoms with Crippen LogP contribution >= 0.6 is 0 Å². The standard InChI is InChI=1S/C38H16F11N5O2/c39-17-12-18(40)35(44)32(34(17)43)30-25-5-3-21(50-25)22-4-6-26(51-22)31(33-36(45)19(41)13-20(42)37(33)46)28-10-8-24(53-28)29(23-7-9-27(30)52-23)15-2-1-14(54(55)56)11-16(15)38(47,48)49/h1-13,50,52-53H. The van der Waals surface area contributed by atoms with Crippen molar-refractivity contribution in [2.45, 2.75) is 6.18 Å². The maximum Gasteiger partial charge on any atom is 0.417 e. The summed E-state index contributed by atoms with van der Waals surface area (Å²) in [6.07, 6.45) is -2.80. The lowest BCUT2D eigenvalue weighted by Gasteiger charge is -2.13. The smallest absolute Gasteiger partial charge is 0.354 e. The number of aromatic amines is 3. The van der Waals surface area contributed by atoms with Gasteiger partial charge in [-0.3, -0.25) is 10.1 Å². The summed E-state index contributed by atoms with van der Waals surface area (Å²) in [6, 6.07) is 8.72. The lowest BCUT2D eigenvalue weighted by atomic mass is 9.98. The highest BCUT2D eigenvalue weighted by Gasteiger charge is 2.36. The molecule has 0 spiro atoms. The summed E-state index contributed by atoms with van der Waals surface area (Å²) in [6.45, 7) is 0. The van der Waals surface area contributed by atoms with E-state index in [1.165, 1.54) is 24.3 Å². The number of rotatable bonds is 4. The van der Waals surface area contributed by atoms with Gasteiger partial charge >= 0.3 is 6.18 Å². The third-order valence-corrected chi connectivity index (χ3v) is 9.09. The normalized spacial score (nSPS) is 12.3. The number of fused-ring (bicyclic) bond motifs is 9. The van der Waals surface area contributed by atoms with E-state index in [4.69, 9.17) is 0 Å². The van der Waals surface area contributed by atoms with E-state index in [1.807, 2.05) is 0 Å². The third kappa shape index (κ3) is 5.71. The van der Waals surface area contributed by atoms with E-state index < -0.39 is 102 Å². The molecule has 3 N–H and O–H groups in total. The molecular formula is C38H16F11N5O2. The van der Waals surface area contributed by atoms with E-state index in [-0.39, 0.29) is 62.7 Å². The largest absolute Gasteiger partial charge is 0.417 e. The lowest BCUT2D eigenvalue weighted by molar-refractivity contribution is -0.385. The highest BCUT2D eigenvalue weighted by molar-refractivity contribution is 6.01. The molecular weight excluding hydrogens is 767 g/mol. The Morgan fingerprint density at radius 3 is 1.39 bits per heavy atom. The van der Waals surface area contributed by atoms with Crippen LogP contribution in [0.4, 0.5) is 54.0 Å². The molecule has 4 aromatic heterocycles. The van der Waals surface area contributed by atoms with Crippen molar-refractivity contribution >= 4 is 50.9 Å². The average Bonchev–Trinajstić information content (AvgIpc) is 3.98. The topological polar surface area (TPSA) is 103 Å². The maximum absolute atomic E-state index is 15.5. The summed E-state index contributed by atoms with van der Waals surface area (Å²) < 4.78 is 165. The number of H-pyrrole nitrogens is 3. The van der Waals surface area contributed by atoms with Crippen molar-refractivity contribution in [3.63, 3.8) is 0 Å². The molecule has 7 nitrogen and oxygen atoms in total. The van der Waals surface area contributed by atoms with Crippen molar-refractivity contribution in [2.75, 3.05) is 0 Å². The number of aromatic nitrogens is 4.